The Labute approximate surface area is 203 Å². The maximum atomic E-state index is 15.3. The molecule has 2 heterocycles. The predicted octanol–water partition coefficient (Wildman–Crippen LogP) is 3.56. The van der Waals surface area contributed by atoms with Crippen molar-refractivity contribution in [3.05, 3.63) is 30.0 Å². The molecule has 2 saturated carbocycles. The van der Waals surface area contributed by atoms with Crippen LogP contribution in [0.3, 0.4) is 0 Å². The molecular formula is C25H33F2N3O5. The number of fused-ring (bicyclic) bond motifs is 1. The number of imidazole rings is 1. The molecule has 1 aromatic carbocycles. The average molecular weight is 494 g/mol. The Morgan fingerprint density at radius 1 is 1.23 bits per heavy atom. The highest BCUT2D eigenvalue weighted by atomic mass is 19.1. The fraction of sp³-hybridized carbons (Fsp3) is 0.640. The maximum Gasteiger partial charge on any atom is 0.297 e. The van der Waals surface area contributed by atoms with Crippen LogP contribution >= 0.6 is 0 Å². The van der Waals surface area contributed by atoms with E-state index in [1.165, 1.54) is 4.57 Å². The van der Waals surface area contributed by atoms with E-state index in [4.69, 9.17) is 18.9 Å². The van der Waals surface area contributed by atoms with Crippen molar-refractivity contribution < 1.29 is 32.8 Å². The summed E-state index contributed by atoms with van der Waals surface area (Å²) in [5.74, 6) is -1.36. The van der Waals surface area contributed by atoms with Crippen LogP contribution < -0.4 is 14.8 Å². The van der Waals surface area contributed by atoms with Crippen molar-refractivity contribution in [2.75, 3.05) is 19.8 Å². The van der Waals surface area contributed by atoms with E-state index >= 15 is 4.39 Å². The summed E-state index contributed by atoms with van der Waals surface area (Å²) in [6, 6.07) is 1.26. The molecule has 5 rings (SSSR count). The van der Waals surface area contributed by atoms with E-state index in [-0.39, 0.29) is 53.1 Å². The Kier molecular flexibility index (Phi) is 6.63. The number of allylic oxidation sites excluding steroid dienone is 1. The lowest BCUT2D eigenvalue weighted by Crippen LogP contribution is -2.56. The van der Waals surface area contributed by atoms with Gasteiger partial charge in [0.2, 0.25) is 0 Å². The minimum absolute atomic E-state index is 0.0172. The van der Waals surface area contributed by atoms with Crippen LogP contribution in [-0.2, 0) is 16.5 Å². The van der Waals surface area contributed by atoms with Crippen LogP contribution in [0.5, 0.6) is 11.8 Å². The normalized spacial score (nSPS) is 24.6. The lowest BCUT2D eigenvalue weighted by molar-refractivity contribution is -0.191. The summed E-state index contributed by atoms with van der Waals surface area (Å²) in [6.45, 7) is 7.07. The molecule has 3 aliphatic rings. The molecule has 0 bridgehead atoms. The standard InChI is InChI=1S/C25H33F2N3O5/c1-14(2)28-20(31)11-33-15-4-6-16(7-5-15)35-24-29-22-18(26)8-19(21(27)23(22)30(24)3)34-17-9-25(10-17)12-32-13-25/h8,15-17,20,28,31H,1,4-7,9-13H2,2-3H3/t15?,16?,20-/m0/s1. The molecule has 10 heteroatoms. The molecule has 8 nitrogen and oxygen atoms in total. The van der Waals surface area contributed by atoms with E-state index in [2.05, 4.69) is 16.9 Å². The zero-order chi connectivity index (χ0) is 24.7. The van der Waals surface area contributed by atoms with Crippen molar-refractivity contribution in [2.24, 2.45) is 12.5 Å². The maximum absolute atomic E-state index is 15.3. The highest BCUT2D eigenvalue weighted by molar-refractivity contribution is 5.80. The van der Waals surface area contributed by atoms with Gasteiger partial charge in [0.1, 0.15) is 29.5 Å². The van der Waals surface area contributed by atoms with Crippen LogP contribution in [0.25, 0.3) is 11.0 Å². The molecule has 1 aromatic heterocycles. The largest absolute Gasteiger partial charge is 0.487 e. The van der Waals surface area contributed by atoms with Gasteiger partial charge in [0, 0.05) is 24.2 Å². The number of hydrogen-bond donors (Lipinski definition) is 2. The quantitative estimate of drug-likeness (QED) is 0.517. The summed E-state index contributed by atoms with van der Waals surface area (Å²) in [6.07, 6.45) is 3.47. The molecule has 35 heavy (non-hydrogen) atoms. The van der Waals surface area contributed by atoms with Gasteiger partial charge in [-0.2, -0.15) is 4.98 Å². The fourth-order valence-corrected chi connectivity index (χ4v) is 5.27. The van der Waals surface area contributed by atoms with E-state index < -0.39 is 17.9 Å². The number of nitrogens with zero attached hydrogens (tertiary/aromatic N) is 2. The highest BCUT2D eigenvalue weighted by Crippen LogP contribution is 2.48. The first-order chi connectivity index (χ1) is 16.7. The molecule has 3 fully saturated rings. The van der Waals surface area contributed by atoms with Crippen molar-refractivity contribution in [2.45, 2.75) is 70.0 Å². The van der Waals surface area contributed by atoms with Crippen LogP contribution in [0.1, 0.15) is 45.4 Å². The van der Waals surface area contributed by atoms with Gasteiger partial charge in [0.15, 0.2) is 17.4 Å². The zero-order valence-electron chi connectivity index (χ0n) is 20.2. The second-order valence-electron chi connectivity index (χ2n) is 10.3. The highest BCUT2D eigenvalue weighted by Gasteiger charge is 2.51. The van der Waals surface area contributed by atoms with Gasteiger partial charge in [-0.3, -0.25) is 4.57 Å². The third-order valence-corrected chi connectivity index (χ3v) is 7.19. The van der Waals surface area contributed by atoms with Crippen molar-refractivity contribution in [3.8, 4) is 11.8 Å². The molecule has 192 valence electrons. The SMILES string of the molecule is C=C(C)N[C@@H](O)COC1CCC(Oc2nc3c(F)cc(OC4CC5(COC5)C4)c(F)c3n2C)CC1. The lowest BCUT2D eigenvalue weighted by Gasteiger charge is -2.52. The second-order valence-corrected chi connectivity index (χ2v) is 10.3. The van der Waals surface area contributed by atoms with E-state index in [1.807, 2.05) is 0 Å². The molecule has 1 spiro atoms. The Hall–Kier alpha value is -2.43. The van der Waals surface area contributed by atoms with Gasteiger partial charge in [0.25, 0.3) is 6.01 Å². The van der Waals surface area contributed by atoms with Crippen LogP contribution in [0, 0.1) is 17.0 Å². The molecule has 1 saturated heterocycles. The molecule has 2 aromatic rings. The number of aromatic nitrogens is 2. The van der Waals surface area contributed by atoms with Gasteiger partial charge in [0.05, 0.1) is 25.9 Å². The van der Waals surface area contributed by atoms with Gasteiger partial charge < -0.3 is 29.4 Å². The Bertz CT molecular complexity index is 1090. The van der Waals surface area contributed by atoms with Gasteiger partial charge in [-0.25, -0.2) is 8.78 Å². The molecule has 2 aliphatic carbocycles. The summed E-state index contributed by atoms with van der Waals surface area (Å²) in [7, 11) is 1.62. The number of aliphatic hydroxyl groups excluding tert-OH is 1. The third kappa shape index (κ3) is 4.96. The van der Waals surface area contributed by atoms with Crippen molar-refractivity contribution in [1.82, 2.24) is 14.9 Å². The number of ether oxygens (including phenoxy) is 4. The summed E-state index contributed by atoms with van der Waals surface area (Å²) >= 11 is 0. The van der Waals surface area contributed by atoms with Crippen molar-refractivity contribution in [3.63, 3.8) is 0 Å². The molecule has 0 radical (unpaired) electrons. The Morgan fingerprint density at radius 3 is 2.54 bits per heavy atom. The molecule has 1 aliphatic heterocycles. The molecule has 1 atom stereocenters. The van der Waals surface area contributed by atoms with Crippen molar-refractivity contribution >= 4 is 11.0 Å². The molecule has 0 unspecified atom stereocenters. The number of benzene rings is 1. The number of hydrogen-bond acceptors (Lipinski definition) is 7. The lowest BCUT2D eigenvalue weighted by atomic mass is 9.65. The zero-order valence-corrected chi connectivity index (χ0v) is 20.2. The van der Waals surface area contributed by atoms with Crippen LogP contribution in [-0.4, -0.2) is 59.0 Å². The number of nitrogens with one attached hydrogen (secondary N) is 1. The summed E-state index contributed by atoms with van der Waals surface area (Å²) in [4.78, 5) is 4.25. The number of halogens is 2. The van der Waals surface area contributed by atoms with Gasteiger partial charge in [-0.15, -0.1) is 0 Å². The first-order valence-corrected chi connectivity index (χ1v) is 12.2. The summed E-state index contributed by atoms with van der Waals surface area (Å²) < 4.78 is 54.5. The Morgan fingerprint density at radius 2 is 1.91 bits per heavy atom. The van der Waals surface area contributed by atoms with Gasteiger partial charge >= 0.3 is 0 Å². The van der Waals surface area contributed by atoms with E-state index in [0.717, 1.165) is 31.7 Å². The first-order valence-electron chi connectivity index (χ1n) is 12.2. The number of aliphatic hydroxyl groups is 1. The monoisotopic (exact) mass is 493 g/mol. The summed E-state index contributed by atoms with van der Waals surface area (Å²) in [5.41, 5.74) is 0.808. The number of aryl methyl sites for hydroxylation is 1. The minimum atomic E-state index is -0.794. The van der Waals surface area contributed by atoms with E-state index in [0.29, 0.717) is 31.8 Å². The third-order valence-electron chi connectivity index (χ3n) is 7.19. The van der Waals surface area contributed by atoms with Crippen LogP contribution in [0.2, 0.25) is 0 Å². The fourth-order valence-electron chi connectivity index (χ4n) is 5.27. The van der Waals surface area contributed by atoms with E-state index in [9.17, 15) is 9.50 Å². The first kappa shape index (κ1) is 24.3. The van der Waals surface area contributed by atoms with Crippen LogP contribution in [0.4, 0.5) is 8.78 Å². The van der Waals surface area contributed by atoms with Crippen LogP contribution in [0.15, 0.2) is 18.3 Å². The second kappa shape index (κ2) is 9.55. The smallest absolute Gasteiger partial charge is 0.297 e. The van der Waals surface area contributed by atoms with Crippen molar-refractivity contribution in [1.29, 1.82) is 0 Å². The van der Waals surface area contributed by atoms with Gasteiger partial charge in [-0.1, -0.05) is 6.58 Å². The molecule has 2 N–H and O–H groups in total. The van der Waals surface area contributed by atoms with Gasteiger partial charge in [-0.05, 0) is 45.4 Å². The summed E-state index contributed by atoms with van der Waals surface area (Å²) in [5, 5.41) is 12.7. The average Bonchev–Trinajstić information content (AvgIpc) is 3.08. The number of rotatable bonds is 9. The molecule has 0 amide bonds. The predicted molar refractivity (Wildman–Crippen MR) is 124 cm³/mol. The molecular weight excluding hydrogens is 460 g/mol. The minimum Gasteiger partial charge on any atom is -0.487 e. The Balaban J connectivity index is 1.19. The topological polar surface area (TPSA) is 87.0 Å². The van der Waals surface area contributed by atoms with E-state index in [1.54, 1.807) is 14.0 Å².